The van der Waals surface area contributed by atoms with Crippen LogP contribution in [0.3, 0.4) is 0 Å². The number of hydrogen-bond donors (Lipinski definition) is 1. The van der Waals surface area contributed by atoms with Crippen molar-refractivity contribution >= 4 is 30.4 Å². The molecule has 3 aromatic carbocycles. The summed E-state index contributed by atoms with van der Waals surface area (Å²) in [7, 11) is 1.52. The summed E-state index contributed by atoms with van der Waals surface area (Å²) in [5.41, 5.74) is 1.56. The van der Waals surface area contributed by atoms with Crippen molar-refractivity contribution in [1.82, 2.24) is 0 Å². The fourth-order valence-corrected chi connectivity index (χ4v) is 4.34. The molecule has 0 aliphatic rings. The Hall–Kier alpha value is -5.71. The van der Waals surface area contributed by atoms with Crippen molar-refractivity contribution in [2.45, 2.75) is 51.4 Å². The van der Waals surface area contributed by atoms with E-state index in [0.29, 0.717) is 60.4 Å². The van der Waals surface area contributed by atoms with E-state index >= 15 is 0 Å². The van der Waals surface area contributed by atoms with Gasteiger partial charge in [0.25, 0.3) is 0 Å². The Labute approximate surface area is 299 Å². The van der Waals surface area contributed by atoms with Gasteiger partial charge in [0, 0.05) is 29.5 Å². The predicted molar refractivity (Wildman–Crippen MR) is 194 cm³/mol. The Morgan fingerprint density at radius 3 is 1.57 bits per heavy atom. The van der Waals surface area contributed by atoms with Crippen molar-refractivity contribution in [1.29, 1.82) is 5.41 Å². The zero-order valence-electron chi connectivity index (χ0n) is 29.1. The van der Waals surface area contributed by atoms with Gasteiger partial charge in [-0.15, -0.1) is 0 Å². The molecule has 0 amide bonds. The fraction of sp³-hybridized carbons (Fsp3) is 0.325. The SMILES string of the molecule is C=CC(=O)OCCCCCCOc1ccc(C(=O)Oc2ccc(OC)c(C=N)c2)cc1.C=CC(=O)OCCCCCCOc1ccc(C=O)cc1. The summed E-state index contributed by atoms with van der Waals surface area (Å²) in [4.78, 5) is 44.5. The molecule has 0 aliphatic heterocycles. The maximum atomic E-state index is 12.3. The number of aldehydes is 1. The molecular weight excluding hydrogens is 654 g/mol. The molecule has 0 saturated heterocycles. The van der Waals surface area contributed by atoms with E-state index in [-0.39, 0.29) is 5.97 Å². The molecule has 0 atom stereocenters. The van der Waals surface area contributed by atoms with E-state index in [1.165, 1.54) is 13.2 Å². The zero-order valence-corrected chi connectivity index (χ0v) is 29.1. The summed E-state index contributed by atoms with van der Waals surface area (Å²) in [6.45, 7) is 8.73. The van der Waals surface area contributed by atoms with Crippen LogP contribution in [0, 0.1) is 5.41 Å². The van der Waals surface area contributed by atoms with Gasteiger partial charge in [0.05, 0.1) is 39.1 Å². The molecule has 11 heteroatoms. The second kappa shape index (κ2) is 25.3. The molecule has 0 heterocycles. The van der Waals surface area contributed by atoms with Gasteiger partial charge >= 0.3 is 17.9 Å². The van der Waals surface area contributed by atoms with Gasteiger partial charge in [-0.05, 0) is 118 Å². The van der Waals surface area contributed by atoms with Gasteiger partial charge in [0.1, 0.15) is 29.3 Å². The van der Waals surface area contributed by atoms with E-state index in [4.69, 9.17) is 33.8 Å². The highest BCUT2D eigenvalue weighted by Gasteiger charge is 2.11. The number of carbonyl (C=O) groups excluding carboxylic acids is 4. The largest absolute Gasteiger partial charge is 0.496 e. The Morgan fingerprint density at radius 2 is 1.12 bits per heavy atom. The minimum absolute atomic E-state index is 0.337. The Balaban J connectivity index is 0.000000389. The van der Waals surface area contributed by atoms with Gasteiger partial charge in [-0.3, -0.25) is 4.79 Å². The minimum Gasteiger partial charge on any atom is -0.496 e. The molecular formula is C40H47NO10. The van der Waals surface area contributed by atoms with Crippen LogP contribution in [0.15, 0.2) is 92.0 Å². The third-order valence-corrected chi connectivity index (χ3v) is 7.11. The summed E-state index contributed by atoms with van der Waals surface area (Å²) in [6, 6.07) is 18.6. The molecule has 1 N–H and O–H groups in total. The summed E-state index contributed by atoms with van der Waals surface area (Å²) >= 11 is 0. The first kappa shape index (κ1) is 41.5. The van der Waals surface area contributed by atoms with E-state index < -0.39 is 11.9 Å². The molecule has 0 spiro atoms. The molecule has 11 nitrogen and oxygen atoms in total. The van der Waals surface area contributed by atoms with Gasteiger partial charge in [-0.2, -0.15) is 0 Å². The van der Waals surface area contributed by atoms with Crippen LogP contribution in [0.1, 0.15) is 77.6 Å². The molecule has 51 heavy (non-hydrogen) atoms. The fourth-order valence-electron chi connectivity index (χ4n) is 4.34. The maximum Gasteiger partial charge on any atom is 0.343 e. The van der Waals surface area contributed by atoms with Crippen molar-refractivity contribution in [3.63, 3.8) is 0 Å². The minimum atomic E-state index is -0.496. The van der Waals surface area contributed by atoms with Gasteiger partial charge in [0.15, 0.2) is 0 Å². The van der Waals surface area contributed by atoms with E-state index in [1.807, 2.05) is 0 Å². The van der Waals surface area contributed by atoms with Crippen molar-refractivity contribution in [3.8, 4) is 23.0 Å². The van der Waals surface area contributed by atoms with E-state index in [9.17, 15) is 19.2 Å². The quantitative estimate of drug-likeness (QED) is 0.0260. The molecule has 0 bridgehead atoms. The zero-order chi connectivity index (χ0) is 37.1. The van der Waals surface area contributed by atoms with Gasteiger partial charge < -0.3 is 33.8 Å². The van der Waals surface area contributed by atoms with Crippen molar-refractivity contribution in [2.75, 3.05) is 33.5 Å². The lowest BCUT2D eigenvalue weighted by molar-refractivity contribution is -0.138. The second-order valence-corrected chi connectivity index (χ2v) is 10.9. The lowest BCUT2D eigenvalue weighted by Gasteiger charge is -2.09. The maximum absolute atomic E-state index is 12.3. The summed E-state index contributed by atoms with van der Waals surface area (Å²) in [6.07, 6.45) is 11.7. The first-order valence-electron chi connectivity index (χ1n) is 16.7. The number of esters is 3. The first-order valence-corrected chi connectivity index (χ1v) is 16.7. The van der Waals surface area contributed by atoms with E-state index in [1.54, 1.807) is 66.7 Å². The second-order valence-electron chi connectivity index (χ2n) is 10.9. The highest BCUT2D eigenvalue weighted by molar-refractivity contribution is 5.91. The standard InChI is InChI=1S/C24H27NO6.C16H20O4/c1-3-23(26)30-15-7-5-4-6-14-29-20-10-8-18(9-11-20)24(27)31-21-12-13-22(28-2)19(16-21)17-25;1-2-16(18)20-12-6-4-3-5-11-19-15-9-7-14(13-17)8-10-15/h3,8-13,16-17,25H,1,4-7,14-15H2,2H3;2,7-10,13H,1,3-6,11-12H2. The van der Waals surface area contributed by atoms with Crippen LogP contribution in [0.4, 0.5) is 0 Å². The van der Waals surface area contributed by atoms with Crippen LogP contribution in [-0.4, -0.2) is 63.9 Å². The molecule has 0 radical (unpaired) electrons. The topological polar surface area (TPSA) is 148 Å². The number of rotatable bonds is 23. The number of methoxy groups -OCH3 is 1. The van der Waals surface area contributed by atoms with Gasteiger partial charge in [-0.1, -0.05) is 13.2 Å². The van der Waals surface area contributed by atoms with Crippen molar-refractivity contribution in [3.05, 3.63) is 109 Å². The molecule has 0 aromatic heterocycles. The van der Waals surface area contributed by atoms with E-state index in [2.05, 4.69) is 13.2 Å². The summed E-state index contributed by atoms with van der Waals surface area (Å²) in [5, 5.41) is 7.41. The van der Waals surface area contributed by atoms with Crippen LogP contribution < -0.4 is 18.9 Å². The molecule has 272 valence electrons. The number of ether oxygens (including phenoxy) is 6. The summed E-state index contributed by atoms with van der Waals surface area (Å²) < 4.78 is 31.5. The Kier molecular flexibility index (Phi) is 20.6. The average Bonchev–Trinajstić information content (AvgIpc) is 3.17. The lowest BCUT2D eigenvalue weighted by Crippen LogP contribution is -2.09. The van der Waals surface area contributed by atoms with E-state index in [0.717, 1.165) is 75.7 Å². The van der Waals surface area contributed by atoms with Crippen LogP contribution in [0.25, 0.3) is 0 Å². The van der Waals surface area contributed by atoms with Crippen LogP contribution in [0.2, 0.25) is 0 Å². The molecule has 0 aliphatic carbocycles. The normalized spacial score (nSPS) is 9.98. The van der Waals surface area contributed by atoms with Crippen LogP contribution in [0.5, 0.6) is 23.0 Å². The molecule has 0 saturated carbocycles. The smallest absolute Gasteiger partial charge is 0.343 e. The first-order chi connectivity index (χ1) is 24.8. The third-order valence-electron chi connectivity index (χ3n) is 7.11. The highest BCUT2D eigenvalue weighted by atomic mass is 16.5. The summed E-state index contributed by atoms with van der Waals surface area (Å²) in [5.74, 6) is 1.06. The highest BCUT2D eigenvalue weighted by Crippen LogP contribution is 2.23. The Morgan fingerprint density at radius 1 is 0.647 bits per heavy atom. The van der Waals surface area contributed by atoms with Gasteiger partial charge in [0.2, 0.25) is 0 Å². The lowest BCUT2D eigenvalue weighted by atomic mass is 10.2. The number of hydrogen-bond acceptors (Lipinski definition) is 11. The Bertz CT molecular complexity index is 1530. The van der Waals surface area contributed by atoms with Crippen molar-refractivity contribution in [2.24, 2.45) is 0 Å². The van der Waals surface area contributed by atoms with Crippen LogP contribution >= 0.6 is 0 Å². The number of nitrogens with one attached hydrogen (secondary N) is 1. The monoisotopic (exact) mass is 701 g/mol. The van der Waals surface area contributed by atoms with Gasteiger partial charge in [-0.25, -0.2) is 14.4 Å². The predicted octanol–water partition coefficient (Wildman–Crippen LogP) is 7.75. The number of carbonyl (C=O) groups is 4. The number of benzene rings is 3. The third kappa shape index (κ3) is 17.5. The molecule has 3 aromatic rings. The molecule has 0 unspecified atom stereocenters. The molecule has 0 fully saturated rings. The molecule has 3 rings (SSSR count). The average molecular weight is 702 g/mol. The van der Waals surface area contributed by atoms with Crippen LogP contribution in [-0.2, 0) is 19.1 Å². The number of unbranched alkanes of at least 4 members (excludes halogenated alkanes) is 6. The van der Waals surface area contributed by atoms with Crippen molar-refractivity contribution < 1.29 is 47.6 Å².